The summed E-state index contributed by atoms with van der Waals surface area (Å²) in [6.07, 6.45) is 0.841. The second-order valence-electron chi connectivity index (χ2n) is 4.64. The van der Waals surface area contributed by atoms with Gasteiger partial charge in [0.2, 0.25) is 0 Å². The summed E-state index contributed by atoms with van der Waals surface area (Å²) in [6, 6.07) is 6.95. The Morgan fingerprint density at radius 2 is 1.88 bits per heavy atom. The number of hydrogen-bond acceptors (Lipinski definition) is 3. The van der Waals surface area contributed by atoms with Crippen molar-refractivity contribution in [3.63, 3.8) is 0 Å². The predicted octanol–water partition coefficient (Wildman–Crippen LogP) is 2.14. The van der Waals surface area contributed by atoms with E-state index in [2.05, 4.69) is 0 Å². The summed E-state index contributed by atoms with van der Waals surface area (Å²) in [5, 5.41) is -0.545. The Labute approximate surface area is 102 Å². The van der Waals surface area contributed by atoms with Gasteiger partial charge in [-0.05, 0) is 25.0 Å². The molecule has 0 amide bonds. The molecule has 0 saturated heterocycles. The highest BCUT2D eigenvalue weighted by molar-refractivity contribution is 7.92. The summed E-state index contributed by atoms with van der Waals surface area (Å²) < 4.78 is 24.9. The monoisotopic (exact) mass is 252 g/mol. The summed E-state index contributed by atoms with van der Waals surface area (Å²) in [5.74, 6) is -0.313. The smallest absolute Gasteiger partial charge is 0.182 e. The number of rotatable bonds is 2. The number of ketones is 1. The average molecular weight is 252 g/mol. The van der Waals surface area contributed by atoms with Crippen LogP contribution >= 0.6 is 0 Å². The lowest BCUT2D eigenvalue weighted by Crippen LogP contribution is -2.26. The Morgan fingerprint density at radius 1 is 1.24 bits per heavy atom. The van der Waals surface area contributed by atoms with Crippen LogP contribution < -0.4 is 0 Å². The molecular formula is C13H16O3S. The summed E-state index contributed by atoms with van der Waals surface area (Å²) in [4.78, 5) is 11.9. The van der Waals surface area contributed by atoms with Gasteiger partial charge in [0.25, 0.3) is 0 Å². The van der Waals surface area contributed by atoms with Gasteiger partial charge in [0.1, 0.15) is 5.78 Å². The quantitative estimate of drug-likeness (QED) is 0.810. The minimum absolute atomic E-state index is 0.0622. The molecule has 0 aromatic heterocycles. The highest BCUT2D eigenvalue weighted by Crippen LogP contribution is 2.33. The summed E-state index contributed by atoms with van der Waals surface area (Å²) in [7, 11) is -3.37. The Balaban J connectivity index is 2.45. The first-order valence-electron chi connectivity index (χ1n) is 5.77. The van der Waals surface area contributed by atoms with Crippen LogP contribution in [-0.2, 0) is 14.6 Å². The van der Waals surface area contributed by atoms with Gasteiger partial charge in [-0.3, -0.25) is 4.79 Å². The van der Waals surface area contributed by atoms with E-state index in [1.54, 1.807) is 32.0 Å². The van der Waals surface area contributed by atoms with E-state index in [-0.39, 0.29) is 11.7 Å². The van der Waals surface area contributed by atoms with E-state index in [9.17, 15) is 13.2 Å². The highest BCUT2D eigenvalue weighted by Gasteiger charge is 2.41. The molecule has 1 saturated carbocycles. The molecule has 17 heavy (non-hydrogen) atoms. The van der Waals surface area contributed by atoms with Crippen LogP contribution in [0.1, 0.15) is 25.3 Å². The molecule has 0 radical (unpaired) electrons. The second kappa shape index (κ2) is 4.26. The van der Waals surface area contributed by atoms with Crippen molar-refractivity contribution in [2.24, 2.45) is 5.92 Å². The minimum atomic E-state index is -3.37. The molecule has 0 bridgehead atoms. The zero-order valence-corrected chi connectivity index (χ0v) is 10.8. The maximum absolute atomic E-state index is 12.5. The van der Waals surface area contributed by atoms with E-state index in [1.165, 1.54) is 0 Å². The van der Waals surface area contributed by atoms with Gasteiger partial charge in [-0.25, -0.2) is 8.42 Å². The molecule has 1 aliphatic carbocycles. The molecule has 3 nitrogen and oxygen atoms in total. The lowest BCUT2D eigenvalue weighted by molar-refractivity contribution is -0.120. The number of Topliss-reactive ketones (excluding diaryl/α,β-unsaturated/α-hetero) is 1. The third-order valence-electron chi connectivity index (χ3n) is 3.54. The molecule has 0 N–H and O–H groups in total. The topological polar surface area (TPSA) is 51.2 Å². The van der Waals surface area contributed by atoms with Crippen molar-refractivity contribution < 1.29 is 13.2 Å². The molecule has 2 atom stereocenters. The molecule has 4 heteroatoms. The normalized spacial score (nSPS) is 25.2. The largest absolute Gasteiger partial charge is 0.299 e. The Morgan fingerprint density at radius 3 is 2.41 bits per heavy atom. The van der Waals surface area contributed by atoms with Crippen molar-refractivity contribution in [3.8, 4) is 0 Å². The van der Waals surface area contributed by atoms with Gasteiger partial charge in [0.15, 0.2) is 9.84 Å². The van der Waals surface area contributed by atoms with Gasteiger partial charge in [0.05, 0.1) is 10.1 Å². The minimum Gasteiger partial charge on any atom is -0.299 e. The fourth-order valence-electron chi connectivity index (χ4n) is 2.43. The summed E-state index contributed by atoms with van der Waals surface area (Å²) in [5.41, 5.74) is 0.749. The molecule has 1 fully saturated rings. The van der Waals surface area contributed by atoms with Crippen LogP contribution in [-0.4, -0.2) is 19.5 Å². The molecule has 0 aliphatic heterocycles. The Kier molecular flexibility index (Phi) is 3.08. The van der Waals surface area contributed by atoms with Gasteiger partial charge in [-0.1, -0.05) is 25.1 Å². The van der Waals surface area contributed by atoms with Crippen molar-refractivity contribution in [3.05, 3.63) is 29.8 Å². The van der Waals surface area contributed by atoms with E-state index >= 15 is 0 Å². The first-order valence-corrected chi connectivity index (χ1v) is 7.31. The van der Waals surface area contributed by atoms with Crippen LogP contribution in [0.25, 0.3) is 0 Å². The maximum Gasteiger partial charge on any atom is 0.182 e. The fraction of sp³-hybridized carbons (Fsp3) is 0.462. The first-order chi connectivity index (χ1) is 7.94. The number of benzene rings is 1. The van der Waals surface area contributed by atoms with Crippen LogP contribution in [0.5, 0.6) is 0 Å². The summed E-state index contributed by atoms with van der Waals surface area (Å²) >= 11 is 0. The van der Waals surface area contributed by atoms with E-state index in [1.807, 2.05) is 6.07 Å². The van der Waals surface area contributed by atoms with Crippen LogP contribution in [0.2, 0.25) is 0 Å². The first kappa shape index (κ1) is 12.3. The molecular weight excluding hydrogens is 236 g/mol. The van der Waals surface area contributed by atoms with Crippen molar-refractivity contribution in [1.82, 2.24) is 0 Å². The third-order valence-corrected chi connectivity index (χ3v) is 6.05. The fourth-order valence-corrected chi connectivity index (χ4v) is 4.66. The van der Waals surface area contributed by atoms with E-state index in [0.29, 0.717) is 17.7 Å². The predicted molar refractivity (Wildman–Crippen MR) is 65.6 cm³/mol. The van der Waals surface area contributed by atoms with Crippen molar-refractivity contribution in [2.45, 2.75) is 36.8 Å². The average Bonchev–Trinajstić information content (AvgIpc) is 2.60. The van der Waals surface area contributed by atoms with Crippen LogP contribution in [0.4, 0.5) is 0 Å². The van der Waals surface area contributed by atoms with Crippen molar-refractivity contribution >= 4 is 15.6 Å². The Hall–Kier alpha value is -1.16. The molecule has 1 aliphatic rings. The highest BCUT2D eigenvalue weighted by atomic mass is 32.2. The maximum atomic E-state index is 12.5. The molecule has 1 aromatic rings. The van der Waals surface area contributed by atoms with Crippen molar-refractivity contribution in [2.75, 3.05) is 0 Å². The lowest BCUT2D eigenvalue weighted by atomic mass is 10.1. The van der Waals surface area contributed by atoms with E-state index in [4.69, 9.17) is 0 Å². The Bertz CT molecular complexity index is 546. The van der Waals surface area contributed by atoms with Crippen LogP contribution in [0.15, 0.2) is 29.2 Å². The zero-order valence-electron chi connectivity index (χ0n) is 10.0. The van der Waals surface area contributed by atoms with E-state index < -0.39 is 15.1 Å². The third kappa shape index (κ3) is 2.02. The zero-order chi connectivity index (χ0) is 12.6. The second-order valence-corrected chi connectivity index (χ2v) is 6.78. The number of carbonyl (C=O) groups is 1. The molecule has 0 heterocycles. The number of sulfone groups is 1. The van der Waals surface area contributed by atoms with Gasteiger partial charge < -0.3 is 0 Å². The summed E-state index contributed by atoms with van der Waals surface area (Å²) in [6.45, 7) is 3.50. The number of aryl methyl sites for hydroxylation is 1. The van der Waals surface area contributed by atoms with Crippen molar-refractivity contribution in [1.29, 1.82) is 0 Å². The van der Waals surface area contributed by atoms with Crippen LogP contribution in [0.3, 0.4) is 0 Å². The van der Waals surface area contributed by atoms with Gasteiger partial charge >= 0.3 is 0 Å². The van der Waals surface area contributed by atoms with Crippen LogP contribution in [0, 0.1) is 12.8 Å². The lowest BCUT2D eigenvalue weighted by Gasteiger charge is -2.16. The molecule has 0 spiro atoms. The SMILES string of the molecule is Cc1ccccc1S(=O)(=O)C1CCC(=O)C1C. The molecule has 92 valence electrons. The van der Waals surface area contributed by atoms with E-state index in [0.717, 1.165) is 5.56 Å². The number of carbonyl (C=O) groups excluding carboxylic acids is 1. The number of hydrogen-bond donors (Lipinski definition) is 0. The molecule has 1 aromatic carbocycles. The standard InChI is InChI=1S/C13H16O3S/c1-9-5-3-4-6-12(9)17(15,16)13-8-7-11(14)10(13)2/h3-6,10,13H,7-8H2,1-2H3. The van der Waals surface area contributed by atoms with Gasteiger partial charge in [-0.15, -0.1) is 0 Å². The van der Waals surface area contributed by atoms with Gasteiger partial charge in [-0.2, -0.15) is 0 Å². The van der Waals surface area contributed by atoms with Gasteiger partial charge in [0, 0.05) is 12.3 Å². The molecule has 2 rings (SSSR count). The molecule has 2 unspecified atom stereocenters.